The van der Waals surface area contributed by atoms with Crippen LogP contribution < -0.4 is 10.6 Å². The number of piperidine rings is 1. The van der Waals surface area contributed by atoms with Crippen LogP contribution in [0.25, 0.3) is 0 Å². The number of alkyl halides is 3. The molecule has 0 spiro atoms. The van der Waals surface area contributed by atoms with Crippen LogP contribution in [0.15, 0.2) is 6.33 Å². The molecule has 2 rings (SSSR count). The average Bonchev–Trinajstić information content (AvgIpc) is 2.32. The Balaban J connectivity index is 2.21. The standard InChI is InChI=1S/C10H12ClF3N4/c11-7-8(15)16-5-17-9(7)18-3-1-2-6(4-18)10(12,13)14/h5-6H,1-4H2,(H2,15,16,17). The maximum atomic E-state index is 12.7. The predicted octanol–water partition coefficient (Wildman–Crippen LogP) is 2.49. The molecule has 8 heteroatoms. The third-order valence-electron chi connectivity index (χ3n) is 2.98. The van der Waals surface area contributed by atoms with Crippen LogP contribution in [0.3, 0.4) is 0 Å². The lowest BCUT2D eigenvalue weighted by molar-refractivity contribution is -0.176. The van der Waals surface area contributed by atoms with Gasteiger partial charge in [-0.25, -0.2) is 9.97 Å². The second-order valence-corrected chi connectivity index (χ2v) is 4.60. The van der Waals surface area contributed by atoms with Gasteiger partial charge < -0.3 is 10.6 Å². The number of nitrogens with zero attached hydrogens (tertiary/aromatic N) is 3. The first-order valence-electron chi connectivity index (χ1n) is 5.47. The zero-order valence-electron chi connectivity index (χ0n) is 9.41. The molecule has 4 nitrogen and oxygen atoms in total. The Morgan fingerprint density at radius 1 is 1.39 bits per heavy atom. The molecule has 0 aromatic carbocycles. The summed E-state index contributed by atoms with van der Waals surface area (Å²) in [5.74, 6) is -0.993. The lowest BCUT2D eigenvalue weighted by atomic mass is 9.97. The van der Waals surface area contributed by atoms with Gasteiger partial charge in [0.2, 0.25) is 0 Å². The summed E-state index contributed by atoms with van der Waals surface area (Å²) in [7, 11) is 0. The molecule has 1 aromatic heterocycles. The van der Waals surface area contributed by atoms with E-state index in [0.29, 0.717) is 13.0 Å². The van der Waals surface area contributed by atoms with Crippen LogP contribution in [0, 0.1) is 5.92 Å². The number of nitrogen functional groups attached to an aromatic ring is 1. The maximum Gasteiger partial charge on any atom is 0.393 e. The van der Waals surface area contributed by atoms with Crippen molar-refractivity contribution in [3.63, 3.8) is 0 Å². The molecule has 1 aliphatic heterocycles. The van der Waals surface area contributed by atoms with E-state index in [0.717, 1.165) is 0 Å². The summed E-state index contributed by atoms with van der Waals surface area (Å²) in [4.78, 5) is 9.12. The highest BCUT2D eigenvalue weighted by Gasteiger charge is 2.42. The Morgan fingerprint density at radius 3 is 2.78 bits per heavy atom. The van der Waals surface area contributed by atoms with Gasteiger partial charge in [0.1, 0.15) is 17.2 Å². The molecule has 0 radical (unpaired) electrons. The van der Waals surface area contributed by atoms with Crippen LogP contribution in [-0.2, 0) is 0 Å². The van der Waals surface area contributed by atoms with E-state index in [9.17, 15) is 13.2 Å². The lowest BCUT2D eigenvalue weighted by Gasteiger charge is -2.34. The quantitative estimate of drug-likeness (QED) is 0.859. The smallest absolute Gasteiger partial charge is 0.382 e. The minimum absolute atomic E-state index is 0.0794. The molecule has 2 N–H and O–H groups in total. The van der Waals surface area contributed by atoms with Gasteiger partial charge in [-0.05, 0) is 12.8 Å². The fraction of sp³-hybridized carbons (Fsp3) is 0.600. The van der Waals surface area contributed by atoms with E-state index in [2.05, 4.69) is 9.97 Å². The molecule has 1 saturated heterocycles. The van der Waals surface area contributed by atoms with Gasteiger partial charge in [-0.15, -0.1) is 0 Å². The van der Waals surface area contributed by atoms with Gasteiger partial charge in [0.15, 0.2) is 5.82 Å². The Kier molecular flexibility index (Phi) is 3.52. The van der Waals surface area contributed by atoms with Crippen molar-refractivity contribution in [3.8, 4) is 0 Å². The first kappa shape index (κ1) is 13.2. The minimum atomic E-state index is -4.19. The van der Waals surface area contributed by atoms with Crippen molar-refractivity contribution in [3.05, 3.63) is 11.3 Å². The lowest BCUT2D eigenvalue weighted by Crippen LogP contribution is -2.42. The fourth-order valence-corrected chi connectivity index (χ4v) is 2.25. The second-order valence-electron chi connectivity index (χ2n) is 4.22. The van der Waals surface area contributed by atoms with Crippen LogP contribution >= 0.6 is 11.6 Å². The van der Waals surface area contributed by atoms with Crippen LogP contribution in [0.4, 0.5) is 24.8 Å². The SMILES string of the molecule is Nc1ncnc(N2CCCC(C(F)(F)F)C2)c1Cl. The molecule has 0 bridgehead atoms. The van der Waals surface area contributed by atoms with Crippen LogP contribution in [0.1, 0.15) is 12.8 Å². The Morgan fingerprint density at radius 2 is 2.11 bits per heavy atom. The number of nitrogens with two attached hydrogens (primary N) is 1. The normalized spacial score (nSPS) is 21.1. The molecule has 18 heavy (non-hydrogen) atoms. The van der Waals surface area contributed by atoms with Crippen molar-refractivity contribution in [2.45, 2.75) is 19.0 Å². The molecule has 2 heterocycles. The maximum absolute atomic E-state index is 12.7. The molecule has 1 atom stereocenters. The summed E-state index contributed by atoms with van der Waals surface area (Å²) in [6, 6.07) is 0. The van der Waals surface area contributed by atoms with E-state index in [1.807, 2.05) is 0 Å². The summed E-state index contributed by atoms with van der Waals surface area (Å²) in [5, 5.41) is 0.111. The summed E-state index contributed by atoms with van der Waals surface area (Å²) >= 11 is 5.92. The number of hydrogen-bond acceptors (Lipinski definition) is 4. The molecule has 1 aliphatic rings. The van der Waals surface area contributed by atoms with Crippen LogP contribution in [0.5, 0.6) is 0 Å². The van der Waals surface area contributed by atoms with Crippen molar-refractivity contribution >= 4 is 23.2 Å². The highest BCUT2D eigenvalue weighted by atomic mass is 35.5. The molecule has 1 aromatic rings. The van der Waals surface area contributed by atoms with Crippen LogP contribution in [0.2, 0.25) is 5.02 Å². The first-order valence-corrected chi connectivity index (χ1v) is 5.85. The molecule has 0 aliphatic carbocycles. The second kappa shape index (κ2) is 4.79. The number of rotatable bonds is 1. The zero-order valence-corrected chi connectivity index (χ0v) is 10.2. The summed E-state index contributed by atoms with van der Waals surface area (Å²) in [6.07, 6.45) is -2.40. The van der Waals surface area contributed by atoms with Crippen molar-refractivity contribution in [2.24, 2.45) is 5.92 Å². The molecule has 0 saturated carbocycles. The summed E-state index contributed by atoms with van der Waals surface area (Å²) in [5.41, 5.74) is 5.52. The minimum Gasteiger partial charge on any atom is -0.382 e. The number of aromatic nitrogens is 2. The van der Waals surface area contributed by atoms with Gasteiger partial charge >= 0.3 is 6.18 Å². The topological polar surface area (TPSA) is 55.0 Å². The summed E-state index contributed by atoms with van der Waals surface area (Å²) < 4.78 is 38.1. The van der Waals surface area contributed by atoms with E-state index in [-0.39, 0.29) is 29.6 Å². The van der Waals surface area contributed by atoms with E-state index >= 15 is 0 Å². The molecule has 0 amide bonds. The third kappa shape index (κ3) is 2.60. The van der Waals surface area contributed by atoms with Gasteiger partial charge in [-0.2, -0.15) is 13.2 Å². The molecule has 1 fully saturated rings. The van der Waals surface area contributed by atoms with Gasteiger partial charge in [0.05, 0.1) is 5.92 Å². The Labute approximate surface area is 107 Å². The highest BCUT2D eigenvalue weighted by molar-refractivity contribution is 6.35. The molecular weight excluding hydrogens is 269 g/mol. The Bertz CT molecular complexity index is 438. The average molecular weight is 281 g/mol. The third-order valence-corrected chi connectivity index (χ3v) is 3.34. The number of hydrogen-bond donors (Lipinski definition) is 1. The first-order chi connectivity index (χ1) is 8.39. The van der Waals surface area contributed by atoms with Crippen molar-refractivity contribution < 1.29 is 13.2 Å². The Hall–Kier alpha value is -1.24. The monoisotopic (exact) mass is 280 g/mol. The van der Waals surface area contributed by atoms with E-state index in [1.165, 1.54) is 11.2 Å². The van der Waals surface area contributed by atoms with E-state index in [4.69, 9.17) is 17.3 Å². The van der Waals surface area contributed by atoms with E-state index in [1.54, 1.807) is 0 Å². The van der Waals surface area contributed by atoms with Crippen LogP contribution in [-0.4, -0.2) is 29.2 Å². The number of anilines is 2. The molecule has 100 valence electrons. The van der Waals surface area contributed by atoms with Gasteiger partial charge in [-0.1, -0.05) is 11.6 Å². The zero-order chi connectivity index (χ0) is 13.3. The predicted molar refractivity (Wildman–Crippen MR) is 62.4 cm³/mol. The van der Waals surface area contributed by atoms with Gasteiger partial charge in [-0.3, -0.25) is 0 Å². The van der Waals surface area contributed by atoms with E-state index < -0.39 is 12.1 Å². The summed E-state index contributed by atoms with van der Waals surface area (Å²) in [6.45, 7) is 0.350. The number of halogens is 4. The highest BCUT2D eigenvalue weighted by Crippen LogP contribution is 2.36. The fourth-order valence-electron chi connectivity index (χ4n) is 2.03. The van der Waals surface area contributed by atoms with Crippen molar-refractivity contribution in [2.75, 3.05) is 23.7 Å². The molecular formula is C10H12ClF3N4. The molecule has 1 unspecified atom stereocenters. The largest absolute Gasteiger partial charge is 0.393 e. The van der Waals surface area contributed by atoms with Crippen molar-refractivity contribution in [1.29, 1.82) is 0 Å². The van der Waals surface area contributed by atoms with Gasteiger partial charge in [0, 0.05) is 13.1 Å². The van der Waals surface area contributed by atoms with Gasteiger partial charge in [0.25, 0.3) is 0 Å². The van der Waals surface area contributed by atoms with Crippen molar-refractivity contribution in [1.82, 2.24) is 9.97 Å².